The van der Waals surface area contributed by atoms with Gasteiger partial charge < -0.3 is 15.4 Å². The Morgan fingerprint density at radius 3 is 2.57 bits per heavy atom. The van der Waals surface area contributed by atoms with Crippen molar-refractivity contribution in [3.05, 3.63) is 70.9 Å². The van der Waals surface area contributed by atoms with E-state index in [1.807, 2.05) is 0 Å². The molecule has 1 aliphatic heterocycles. The fourth-order valence-corrected chi connectivity index (χ4v) is 3.70. The number of nitrogens with one attached hydrogen (secondary N) is 2. The number of nitrogens with zero attached hydrogens (tertiary/aromatic N) is 1. The fraction of sp³-hybridized carbons (Fsp3) is 0.273. The molecule has 1 fully saturated rings. The van der Waals surface area contributed by atoms with E-state index in [1.165, 1.54) is 13.2 Å². The molecule has 0 bridgehead atoms. The highest BCUT2D eigenvalue weighted by molar-refractivity contribution is 6.07. The largest absolute Gasteiger partial charge is 0.495 e. The van der Waals surface area contributed by atoms with Crippen molar-refractivity contribution < 1.29 is 23.1 Å². The Hall–Kier alpha value is -3.42. The summed E-state index contributed by atoms with van der Waals surface area (Å²) in [6, 6.07) is 9.03. The number of rotatable bonds is 5. The van der Waals surface area contributed by atoms with Crippen LogP contribution in [-0.2, 0) is 4.79 Å². The van der Waals surface area contributed by atoms with E-state index in [4.69, 9.17) is 4.74 Å². The summed E-state index contributed by atoms with van der Waals surface area (Å²) in [5.74, 6) is -2.03. The molecule has 1 atom stereocenters. The van der Waals surface area contributed by atoms with Crippen LogP contribution in [-0.4, -0.2) is 30.0 Å². The minimum absolute atomic E-state index is 0.0324. The topological polar surface area (TPSA) is 70.7 Å². The van der Waals surface area contributed by atoms with Gasteiger partial charge in [-0.1, -0.05) is 18.2 Å². The molecule has 0 radical (unpaired) electrons. The zero-order valence-electron chi connectivity index (χ0n) is 16.5. The van der Waals surface area contributed by atoms with Gasteiger partial charge in [0.2, 0.25) is 0 Å². The Bertz CT molecular complexity index is 1050. The van der Waals surface area contributed by atoms with Crippen LogP contribution in [0, 0.1) is 11.6 Å². The molecule has 0 aromatic heterocycles. The molecule has 0 spiro atoms. The first-order valence-electron chi connectivity index (χ1n) is 9.60. The summed E-state index contributed by atoms with van der Waals surface area (Å²) in [6.45, 7) is 1.70. The number of hydrogen-bond acceptors (Lipinski definition) is 3. The third-order valence-corrected chi connectivity index (χ3v) is 5.32. The first-order valence-corrected chi connectivity index (χ1v) is 9.60. The van der Waals surface area contributed by atoms with Gasteiger partial charge in [0.1, 0.15) is 5.75 Å². The van der Waals surface area contributed by atoms with Crippen molar-refractivity contribution in [3.63, 3.8) is 0 Å². The standard InChI is InChI=1S/C22H21F2N3O3/c1-12-19(21(28)25-17-5-3-4-6-18(17)30-2)20(13-7-10-15(23)16(24)11-13)26-22(29)27(12)14-8-9-14/h3-7,10-11,14,20H,8-9H2,1-2H3,(H,25,28)(H,26,29)/t20-/m1/s1. The summed E-state index contributed by atoms with van der Waals surface area (Å²) in [4.78, 5) is 27.6. The van der Waals surface area contributed by atoms with Gasteiger partial charge in [-0.2, -0.15) is 0 Å². The van der Waals surface area contributed by atoms with E-state index in [0.717, 1.165) is 25.0 Å². The smallest absolute Gasteiger partial charge is 0.322 e. The maximum Gasteiger partial charge on any atom is 0.322 e. The van der Waals surface area contributed by atoms with E-state index < -0.39 is 23.6 Å². The minimum atomic E-state index is -1.05. The van der Waals surface area contributed by atoms with Crippen LogP contribution in [0.15, 0.2) is 53.7 Å². The normalized spacial score (nSPS) is 18.9. The number of methoxy groups -OCH3 is 1. The first kappa shape index (κ1) is 19.9. The predicted molar refractivity (Wildman–Crippen MR) is 107 cm³/mol. The van der Waals surface area contributed by atoms with E-state index in [9.17, 15) is 18.4 Å². The molecule has 156 valence electrons. The molecule has 2 aromatic carbocycles. The zero-order valence-corrected chi connectivity index (χ0v) is 16.5. The Kier molecular flexibility index (Phi) is 5.15. The van der Waals surface area contributed by atoms with Crippen molar-refractivity contribution in [2.24, 2.45) is 0 Å². The summed E-state index contributed by atoms with van der Waals surface area (Å²) in [6.07, 6.45) is 1.70. The second-order valence-corrected chi connectivity index (χ2v) is 7.31. The summed E-state index contributed by atoms with van der Waals surface area (Å²) >= 11 is 0. The molecule has 1 heterocycles. The number of ether oxygens (including phenoxy) is 1. The van der Waals surface area contributed by atoms with Crippen molar-refractivity contribution in [1.29, 1.82) is 0 Å². The molecular weight excluding hydrogens is 392 g/mol. The average molecular weight is 413 g/mol. The van der Waals surface area contributed by atoms with Crippen molar-refractivity contribution in [1.82, 2.24) is 10.2 Å². The Morgan fingerprint density at radius 1 is 1.17 bits per heavy atom. The molecule has 8 heteroatoms. The van der Waals surface area contributed by atoms with Gasteiger partial charge in [0.25, 0.3) is 5.91 Å². The first-order chi connectivity index (χ1) is 14.4. The highest BCUT2D eigenvalue weighted by atomic mass is 19.2. The second kappa shape index (κ2) is 7.78. The fourth-order valence-electron chi connectivity index (χ4n) is 3.70. The van der Waals surface area contributed by atoms with Gasteiger partial charge in [-0.25, -0.2) is 13.6 Å². The average Bonchev–Trinajstić information content (AvgIpc) is 3.55. The van der Waals surface area contributed by atoms with E-state index in [2.05, 4.69) is 10.6 Å². The van der Waals surface area contributed by atoms with Crippen LogP contribution >= 0.6 is 0 Å². The molecule has 6 nitrogen and oxygen atoms in total. The minimum Gasteiger partial charge on any atom is -0.495 e. The van der Waals surface area contributed by atoms with Gasteiger partial charge in [-0.05, 0) is 49.6 Å². The Morgan fingerprint density at radius 2 is 1.90 bits per heavy atom. The van der Waals surface area contributed by atoms with Crippen molar-refractivity contribution in [3.8, 4) is 5.75 Å². The number of anilines is 1. The van der Waals surface area contributed by atoms with Crippen LogP contribution in [0.3, 0.4) is 0 Å². The van der Waals surface area contributed by atoms with Crippen LogP contribution in [0.4, 0.5) is 19.3 Å². The van der Waals surface area contributed by atoms with Crippen LogP contribution in [0.1, 0.15) is 31.4 Å². The van der Waals surface area contributed by atoms with Gasteiger partial charge >= 0.3 is 6.03 Å². The Balaban J connectivity index is 1.76. The van der Waals surface area contributed by atoms with Gasteiger partial charge in [0.05, 0.1) is 24.4 Å². The third-order valence-electron chi connectivity index (χ3n) is 5.32. The van der Waals surface area contributed by atoms with Crippen LogP contribution in [0.2, 0.25) is 0 Å². The molecule has 1 saturated carbocycles. The number of allylic oxidation sites excluding steroid dienone is 1. The van der Waals surface area contributed by atoms with Crippen LogP contribution in [0.5, 0.6) is 5.75 Å². The lowest BCUT2D eigenvalue weighted by Crippen LogP contribution is -2.49. The van der Waals surface area contributed by atoms with Gasteiger partial charge in [-0.3, -0.25) is 9.69 Å². The van der Waals surface area contributed by atoms with Gasteiger partial charge in [0.15, 0.2) is 11.6 Å². The number of carbonyl (C=O) groups is 2. The van der Waals surface area contributed by atoms with Crippen molar-refractivity contribution in [2.75, 3.05) is 12.4 Å². The highest BCUT2D eigenvalue weighted by Crippen LogP contribution is 2.38. The molecule has 3 amide bonds. The molecule has 2 aliphatic rings. The van der Waals surface area contributed by atoms with E-state index >= 15 is 0 Å². The van der Waals surface area contributed by atoms with Gasteiger partial charge in [-0.15, -0.1) is 0 Å². The molecule has 1 aliphatic carbocycles. The lowest BCUT2D eigenvalue weighted by Gasteiger charge is -2.36. The number of para-hydroxylation sites is 2. The summed E-state index contributed by atoms with van der Waals surface area (Å²) in [7, 11) is 1.50. The highest BCUT2D eigenvalue weighted by Gasteiger charge is 2.42. The number of carbonyl (C=O) groups excluding carboxylic acids is 2. The number of benzene rings is 2. The molecule has 30 heavy (non-hydrogen) atoms. The SMILES string of the molecule is COc1ccccc1NC(=O)C1=C(C)N(C2CC2)C(=O)N[C@@H]1c1ccc(F)c(F)c1. The maximum atomic E-state index is 13.9. The molecular formula is C22H21F2N3O3. The van der Waals surface area contributed by atoms with Crippen molar-refractivity contribution in [2.45, 2.75) is 31.8 Å². The number of amides is 3. The molecule has 2 aromatic rings. The molecule has 2 N–H and O–H groups in total. The number of hydrogen-bond donors (Lipinski definition) is 2. The molecule has 0 unspecified atom stereocenters. The van der Waals surface area contributed by atoms with Gasteiger partial charge in [0, 0.05) is 11.7 Å². The van der Waals surface area contributed by atoms with Crippen molar-refractivity contribution >= 4 is 17.6 Å². The summed E-state index contributed by atoms with van der Waals surface area (Å²) < 4.78 is 32.6. The molecule has 0 saturated heterocycles. The Labute approximate surface area is 172 Å². The summed E-state index contributed by atoms with van der Waals surface area (Å²) in [5.41, 5.74) is 1.49. The number of urea groups is 1. The maximum absolute atomic E-state index is 13.9. The second-order valence-electron chi connectivity index (χ2n) is 7.31. The quantitative estimate of drug-likeness (QED) is 0.775. The predicted octanol–water partition coefficient (Wildman–Crippen LogP) is 4.11. The summed E-state index contributed by atoms with van der Waals surface area (Å²) in [5, 5.41) is 5.59. The lowest BCUT2D eigenvalue weighted by molar-refractivity contribution is -0.113. The zero-order chi connectivity index (χ0) is 21.4. The number of halogens is 2. The van der Waals surface area contributed by atoms with Crippen LogP contribution < -0.4 is 15.4 Å². The lowest BCUT2D eigenvalue weighted by atomic mass is 9.93. The van der Waals surface area contributed by atoms with Crippen LogP contribution in [0.25, 0.3) is 0 Å². The monoisotopic (exact) mass is 413 g/mol. The molecule has 4 rings (SSSR count). The van der Waals surface area contributed by atoms with E-state index in [0.29, 0.717) is 17.1 Å². The van der Waals surface area contributed by atoms with E-state index in [1.54, 1.807) is 36.1 Å². The third kappa shape index (κ3) is 3.60. The van der Waals surface area contributed by atoms with E-state index in [-0.39, 0.29) is 23.2 Å².